The summed E-state index contributed by atoms with van der Waals surface area (Å²) in [5.41, 5.74) is 0.901. The third-order valence-electron chi connectivity index (χ3n) is 2.42. The van der Waals surface area contributed by atoms with E-state index in [-0.39, 0.29) is 12.3 Å². The van der Waals surface area contributed by atoms with Crippen LogP contribution in [0.1, 0.15) is 24.8 Å². The van der Waals surface area contributed by atoms with E-state index in [0.29, 0.717) is 11.5 Å². The van der Waals surface area contributed by atoms with Crippen LogP contribution in [-0.2, 0) is 4.79 Å². The van der Waals surface area contributed by atoms with E-state index < -0.39 is 5.97 Å². The van der Waals surface area contributed by atoms with E-state index >= 15 is 0 Å². The maximum Gasteiger partial charge on any atom is 0.303 e. The molecule has 4 heteroatoms. The quantitative estimate of drug-likeness (QED) is 0.833. The molecule has 4 nitrogen and oxygen atoms in total. The van der Waals surface area contributed by atoms with Gasteiger partial charge in [0.1, 0.15) is 11.5 Å². The summed E-state index contributed by atoms with van der Waals surface area (Å²) in [6, 6.07) is 5.42. The average Bonchev–Trinajstić information content (AvgIpc) is 2.27. The van der Waals surface area contributed by atoms with Crippen LogP contribution in [0.2, 0.25) is 0 Å². The van der Waals surface area contributed by atoms with Crippen molar-refractivity contribution in [3.63, 3.8) is 0 Å². The number of aliphatic carboxylic acids is 1. The molecule has 0 saturated heterocycles. The first-order valence-electron chi connectivity index (χ1n) is 5.01. The van der Waals surface area contributed by atoms with Crippen LogP contribution in [0, 0.1) is 0 Å². The lowest BCUT2D eigenvalue weighted by atomic mass is 9.97. The fourth-order valence-electron chi connectivity index (χ4n) is 1.49. The molecule has 1 aromatic carbocycles. The van der Waals surface area contributed by atoms with Crippen molar-refractivity contribution in [1.82, 2.24) is 0 Å². The zero-order chi connectivity index (χ0) is 12.1. The molecule has 1 aromatic rings. The number of hydrogen-bond acceptors (Lipinski definition) is 3. The second kappa shape index (κ2) is 5.39. The lowest BCUT2D eigenvalue weighted by molar-refractivity contribution is -0.137. The number of carboxylic acids is 1. The van der Waals surface area contributed by atoms with Crippen molar-refractivity contribution in [2.24, 2.45) is 0 Å². The molecule has 1 rings (SSSR count). The summed E-state index contributed by atoms with van der Waals surface area (Å²) in [6.07, 6.45) is 0.0936. The summed E-state index contributed by atoms with van der Waals surface area (Å²) in [5, 5.41) is 8.74. The van der Waals surface area contributed by atoms with E-state index in [9.17, 15) is 4.79 Å². The van der Waals surface area contributed by atoms with Gasteiger partial charge < -0.3 is 14.6 Å². The Hall–Kier alpha value is -1.71. The highest BCUT2D eigenvalue weighted by Crippen LogP contribution is 2.28. The Morgan fingerprint density at radius 1 is 1.25 bits per heavy atom. The van der Waals surface area contributed by atoms with Crippen LogP contribution in [-0.4, -0.2) is 25.3 Å². The van der Waals surface area contributed by atoms with Crippen molar-refractivity contribution in [3.05, 3.63) is 23.8 Å². The first kappa shape index (κ1) is 12.4. The van der Waals surface area contributed by atoms with E-state index in [1.165, 1.54) is 0 Å². The maximum absolute atomic E-state index is 10.6. The lowest BCUT2D eigenvalue weighted by Gasteiger charge is -2.12. The molecule has 0 aliphatic carbocycles. The van der Waals surface area contributed by atoms with Gasteiger partial charge in [-0.25, -0.2) is 0 Å². The normalized spacial score (nSPS) is 11.9. The molecule has 0 amide bonds. The van der Waals surface area contributed by atoms with Crippen molar-refractivity contribution in [3.8, 4) is 11.5 Å². The molecule has 0 aliphatic heterocycles. The van der Waals surface area contributed by atoms with Crippen LogP contribution in [0.3, 0.4) is 0 Å². The number of carbonyl (C=O) groups is 1. The minimum Gasteiger partial charge on any atom is -0.497 e. The fourth-order valence-corrected chi connectivity index (χ4v) is 1.49. The first-order valence-corrected chi connectivity index (χ1v) is 5.01. The third-order valence-corrected chi connectivity index (χ3v) is 2.42. The molecule has 0 saturated carbocycles. The van der Waals surface area contributed by atoms with Gasteiger partial charge in [0.15, 0.2) is 0 Å². The molecule has 0 spiro atoms. The second-order valence-corrected chi connectivity index (χ2v) is 3.64. The number of rotatable bonds is 5. The van der Waals surface area contributed by atoms with Crippen LogP contribution in [0.4, 0.5) is 0 Å². The minimum atomic E-state index is -0.811. The van der Waals surface area contributed by atoms with Crippen LogP contribution in [0.5, 0.6) is 11.5 Å². The predicted molar refractivity (Wildman–Crippen MR) is 60.2 cm³/mol. The number of methoxy groups -OCH3 is 2. The Bertz CT molecular complexity index is 351. The van der Waals surface area contributed by atoms with Gasteiger partial charge in [-0.3, -0.25) is 4.79 Å². The van der Waals surface area contributed by atoms with Gasteiger partial charge in [-0.15, -0.1) is 0 Å². The van der Waals surface area contributed by atoms with Gasteiger partial charge in [-0.05, 0) is 23.6 Å². The Kier molecular flexibility index (Phi) is 4.17. The van der Waals surface area contributed by atoms with Gasteiger partial charge in [-0.1, -0.05) is 6.92 Å². The predicted octanol–water partition coefficient (Wildman–Crippen LogP) is 2.28. The van der Waals surface area contributed by atoms with Gasteiger partial charge in [0.25, 0.3) is 0 Å². The lowest BCUT2D eigenvalue weighted by Crippen LogP contribution is -2.03. The molecule has 1 atom stereocenters. The van der Waals surface area contributed by atoms with Crippen LogP contribution < -0.4 is 9.47 Å². The van der Waals surface area contributed by atoms with E-state index in [0.717, 1.165) is 5.56 Å². The number of carboxylic acid groups (broad SMARTS) is 1. The fraction of sp³-hybridized carbons (Fsp3) is 0.417. The Labute approximate surface area is 94.8 Å². The van der Waals surface area contributed by atoms with Gasteiger partial charge in [0.2, 0.25) is 0 Å². The molecule has 1 N–H and O–H groups in total. The summed E-state index contributed by atoms with van der Waals surface area (Å²) in [7, 11) is 3.14. The highest BCUT2D eigenvalue weighted by atomic mass is 16.5. The van der Waals surface area contributed by atoms with Crippen molar-refractivity contribution in [2.75, 3.05) is 14.2 Å². The zero-order valence-electron chi connectivity index (χ0n) is 9.69. The number of benzene rings is 1. The first-order chi connectivity index (χ1) is 7.56. The summed E-state index contributed by atoms with van der Waals surface area (Å²) in [4.78, 5) is 10.6. The number of hydrogen-bond donors (Lipinski definition) is 1. The molecule has 16 heavy (non-hydrogen) atoms. The topological polar surface area (TPSA) is 55.8 Å². The highest BCUT2D eigenvalue weighted by molar-refractivity contribution is 5.68. The maximum atomic E-state index is 10.6. The molecule has 88 valence electrons. The number of ether oxygens (including phenoxy) is 2. The Morgan fingerprint density at radius 2 is 1.75 bits per heavy atom. The molecular formula is C12H16O4. The van der Waals surface area contributed by atoms with Gasteiger partial charge >= 0.3 is 5.97 Å². The monoisotopic (exact) mass is 224 g/mol. The van der Waals surface area contributed by atoms with Gasteiger partial charge in [0.05, 0.1) is 20.6 Å². The third kappa shape index (κ3) is 3.15. The molecule has 0 aromatic heterocycles. The summed E-state index contributed by atoms with van der Waals surface area (Å²) in [5.74, 6) is 0.467. The molecule has 0 heterocycles. The summed E-state index contributed by atoms with van der Waals surface area (Å²) >= 11 is 0. The van der Waals surface area contributed by atoms with Crippen molar-refractivity contribution in [2.45, 2.75) is 19.3 Å². The van der Waals surface area contributed by atoms with Crippen LogP contribution in [0.25, 0.3) is 0 Å². The van der Waals surface area contributed by atoms with E-state index in [4.69, 9.17) is 14.6 Å². The van der Waals surface area contributed by atoms with Crippen LogP contribution in [0.15, 0.2) is 18.2 Å². The van der Waals surface area contributed by atoms with E-state index in [1.54, 1.807) is 20.3 Å². The van der Waals surface area contributed by atoms with E-state index in [1.807, 2.05) is 19.1 Å². The highest BCUT2D eigenvalue weighted by Gasteiger charge is 2.12. The molecule has 0 aliphatic rings. The van der Waals surface area contributed by atoms with Crippen molar-refractivity contribution < 1.29 is 19.4 Å². The van der Waals surface area contributed by atoms with Gasteiger partial charge in [0, 0.05) is 6.07 Å². The average molecular weight is 224 g/mol. The van der Waals surface area contributed by atoms with Gasteiger partial charge in [-0.2, -0.15) is 0 Å². The SMILES string of the molecule is COc1cc(OC)cc(C(C)CC(=O)O)c1. The minimum absolute atomic E-state index is 0.0681. The standard InChI is InChI=1S/C12H16O4/c1-8(4-12(13)14)9-5-10(15-2)7-11(6-9)16-3/h5-8H,4H2,1-3H3,(H,13,14). The summed E-state index contributed by atoms with van der Waals surface area (Å²) in [6.45, 7) is 1.86. The molecular weight excluding hydrogens is 208 g/mol. The molecule has 0 fully saturated rings. The summed E-state index contributed by atoms with van der Waals surface area (Å²) < 4.78 is 10.3. The smallest absolute Gasteiger partial charge is 0.303 e. The zero-order valence-corrected chi connectivity index (χ0v) is 9.69. The molecule has 1 unspecified atom stereocenters. The Balaban J connectivity index is 2.97. The van der Waals surface area contributed by atoms with Crippen molar-refractivity contribution in [1.29, 1.82) is 0 Å². The molecule has 0 radical (unpaired) electrons. The largest absolute Gasteiger partial charge is 0.497 e. The second-order valence-electron chi connectivity index (χ2n) is 3.64. The Morgan fingerprint density at radius 3 is 2.12 bits per heavy atom. The van der Waals surface area contributed by atoms with Crippen molar-refractivity contribution >= 4 is 5.97 Å². The molecule has 0 bridgehead atoms. The van der Waals surface area contributed by atoms with E-state index in [2.05, 4.69) is 0 Å². The van der Waals surface area contributed by atoms with Crippen LogP contribution >= 0.6 is 0 Å².